The van der Waals surface area contributed by atoms with Gasteiger partial charge in [-0.15, -0.1) is 11.6 Å². The summed E-state index contributed by atoms with van der Waals surface area (Å²) in [6.45, 7) is -2.57. The molecule has 0 heterocycles. The standard InChI is InChI=1S/C24H23ClO2/c1-2-23(18-6-4-3-5-7-18)24(19-8-12-21(26)13-9-19)20-10-14-22(15-11-20)27-17-16-25/h3-15,26H,2,16-17H2,1H3/b24-23+/i1D3,2D2. The first-order valence-corrected chi connectivity index (χ1v) is 9.07. The van der Waals surface area contributed by atoms with Crippen molar-refractivity contribution in [1.29, 1.82) is 0 Å². The van der Waals surface area contributed by atoms with Gasteiger partial charge in [-0.1, -0.05) is 61.4 Å². The van der Waals surface area contributed by atoms with Crippen molar-refractivity contribution in [3.05, 3.63) is 95.6 Å². The smallest absolute Gasteiger partial charge is 0.119 e. The van der Waals surface area contributed by atoms with E-state index >= 15 is 0 Å². The van der Waals surface area contributed by atoms with Crippen LogP contribution in [0.5, 0.6) is 11.5 Å². The van der Waals surface area contributed by atoms with Crippen LogP contribution >= 0.6 is 11.6 Å². The van der Waals surface area contributed by atoms with Crippen LogP contribution in [0.2, 0.25) is 0 Å². The Labute approximate surface area is 172 Å². The van der Waals surface area contributed by atoms with Crippen molar-refractivity contribution in [1.82, 2.24) is 0 Å². The van der Waals surface area contributed by atoms with Crippen molar-refractivity contribution in [2.24, 2.45) is 0 Å². The minimum Gasteiger partial charge on any atom is -0.508 e. The van der Waals surface area contributed by atoms with Crippen molar-refractivity contribution in [3.8, 4) is 11.5 Å². The molecule has 0 amide bonds. The largest absolute Gasteiger partial charge is 0.508 e. The zero-order valence-corrected chi connectivity index (χ0v) is 15.4. The Morgan fingerprint density at radius 3 is 2.15 bits per heavy atom. The number of hydrogen-bond donors (Lipinski definition) is 1. The van der Waals surface area contributed by atoms with E-state index in [0.29, 0.717) is 40.5 Å². The number of phenols is 1. The van der Waals surface area contributed by atoms with E-state index in [1.165, 1.54) is 12.1 Å². The second-order valence-electron chi connectivity index (χ2n) is 5.85. The molecule has 138 valence electrons. The lowest BCUT2D eigenvalue weighted by atomic mass is 9.88. The Morgan fingerprint density at radius 1 is 0.926 bits per heavy atom. The summed E-state index contributed by atoms with van der Waals surface area (Å²) in [7, 11) is 0. The summed E-state index contributed by atoms with van der Waals surface area (Å²) < 4.78 is 46.6. The van der Waals surface area contributed by atoms with Crippen LogP contribution in [0.15, 0.2) is 78.9 Å². The van der Waals surface area contributed by atoms with Crippen molar-refractivity contribution in [2.45, 2.75) is 13.2 Å². The number of phenolic OH excluding ortho intramolecular Hbond substituents is 1. The van der Waals surface area contributed by atoms with E-state index in [4.69, 9.17) is 23.2 Å². The Kier molecular flexibility index (Phi) is 4.63. The fourth-order valence-electron chi connectivity index (χ4n) is 2.84. The Balaban J connectivity index is 2.34. The Morgan fingerprint density at radius 2 is 1.56 bits per heavy atom. The third-order valence-electron chi connectivity index (χ3n) is 4.08. The first-order chi connectivity index (χ1) is 15.1. The fraction of sp³-hybridized carbons (Fsp3) is 0.167. The van der Waals surface area contributed by atoms with Crippen LogP contribution in [0.4, 0.5) is 0 Å². The summed E-state index contributed by atoms with van der Waals surface area (Å²) in [5.74, 6) is 0.995. The van der Waals surface area contributed by atoms with Crippen LogP contribution in [0, 0.1) is 0 Å². The summed E-state index contributed by atoms with van der Waals surface area (Å²) in [6, 6.07) is 21.9. The van der Waals surface area contributed by atoms with Crippen LogP contribution < -0.4 is 4.74 Å². The average Bonchev–Trinajstić information content (AvgIpc) is 2.77. The molecule has 2 nitrogen and oxygen atoms in total. The average molecular weight is 384 g/mol. The fourth-order valence-corrected chi connectivity index (χ4v) is 2.92. The summed E-state index contributed by atoms with van der Waals surface area (Å²) in [4.78, 5) is 0. The van der Waals surface area contributed by atoms with Crippen LogP contribution in [0.25, 0.3) is 11.1 Å². The Bertz CT molecular complexity index is 1060. The molecule has 0 unspecified atom stereocenters. The van der Waals surface area contributed by atoms with E-state index in [2.05, 4.69) is 0 Å². The third-order valence-corrected chi connectivity index (χ3v) is 4.24. The number of benzene rings is 3. The van der Waals surface area contributed by atoms with Crippen LogP contribution in [-0.2, 0) is 0 Å². The van der Waals surface area contributed by atoms with Gasteiger partial charge in [0.25, 0.3) is 0 Å². The van der Waals surface area contributed by atoms with Gasteiger partial charge in [0, 0.05) is 6.85 Å². The summed E-state index contributed by atoms with van der Waals surface area (Å²) in [5.41, 5.74) is 2.10. The number of alkyl halides is 1. The van der Waals surface area contributed by atoms with Crippen molar-refractivity contribution in [3.63, 3.8) is 0 Å². The molecule has 3 rings (SSSR count). The van der Waals surface area contributed by atoms with E-state index in [1.807, 2.05) is 0 Å². The number of hydrogen-bond acceptors (Lipinski definition) is 2. The number of rotatable bonds is 7. The van der Waals surface area contributed by atoms with Crippen LogP contribution in [-0.4, -0.2) is 17.6 Å². The zero-order chi connectivity index (χ0) is 23.4. The van der Waals surface area contributed by atoms with Crippen LogP contribution in [0.1, 0.15) is 36.8 Å². The second-order valence-corrected chi connectivity index (χ2v) is 6.23. The number of aromatic hydroxyl groups is 1. The highest BCUT2D eigenvalue weighted by molar-refractivity contribution is 6.18. The van der Waals surface area contributed by atoms with E-state index in [-0.39, 0.29) is 11.3 Å². The summed E-state index contributed by atoms with van der Waals surface area (Å²) >= 11 is 5.68. The molecule has 0 spiro atoms. The molecule has 0 bridgehead atoms. The SMILES string of the molecule is [2H]C([2H])([2H])C([2H])([2H])/C(=C(/c1ccc(O)cc1)c1ccc(OCCCl)cc1)c1ccccc1. The molecular weight excluding hydrogens is 356 g/mol. The highest BCUT2D eigenvalue weighted by Crippen LogP contribution is 2.35. The highest BCUT2D eigenvalue weighted by atomic mass is 35.5. The third kappa shape index (κ3) is 4.72. The van der Waals surface area contributed by atoms with Gasteiger partial charge < -0.3 is 9.84 Å². The molecule has 0 aromatic heterocycles. The van der Waals surface area contributed by atoms with Gasteiger partial charge >= 0.3 is 0 Å². The maximum Gasteiger partial charge on any atom is 0.119 e. The molecule has 3 aromatic carbocycles. The molecule has 0 saturated heterocycles. The van der Waals surface area contributed by atoms with Gasteiger partial charge in [0.2, 0.25) is 0 Å². The molecule has 3 heteroatoms. The van der Waals surface area contributed by atoms with Gasteiger partial charge in [0.05, 0.1) is 5.88 Å². The summed E-state index contributed by atoms with van der Waals surface area (Å²) in [5, 5.41) is 9.77. The number of ether oxygens (including phenoxy) is 1. The molecule has 0 atom stereocenters. The quantitative estimate of drug-likeness (QED) is 0.379. The number of allylic oxidation sites excluding steroid dienone is 1. The predicted molar refractivity (Wildman–Crippen MR) is 113 cm³/mol. The molecule has 0 aliphatic rings. The second kappa shape index (κ2) is 9.29. The minimum absolute atomic E-state index is 0.0400. The molecular formula is C24H23ClO2. The van der Waals surface area contributed by atoms with Gasteiger partial charge in [0.1, 0.15) is 18.1 Å². The number of halogens is 1. The molecule has 0 aliphatic heterocycles. The normalized spacial score (nSPS) is 15.5. The molecule has 3 aromatic rings. The maximum atomic E-state index is 9.77. The van der Waals surface area contributed by atoms with E-state index in [1.54, 1.807) is 66.7 Å². The molecule has 1 N–H and O–H groups in total. The Hall–Kier alpha value is -2.71. The molecule has 0 saturated carbocycles. The van der Waals surface area contributed by atoms with Gasteiger partial charge in [0.15, 0.2) is 0 Å². The first kappa shape index (κ1) is 13.5. The lowest BCUT2D eigenvalue weighted by molar-refractivity contribution is 0.343. The highest BCUT2D eigenvalue weighted by Gasteiger charge is 2.13. The summed E-state index contributed by atoms with van der Waals surface area (Å²) in [6.07, 6.45) is -2.66. The lowest BCUT2D eigenvalue weighted by Crippen LogP contribution is -1.99. The van der Waals surface area contributed by atoms with E-state index in [0.717, 1.165) is 0 Å². The zero-order valence-electron chi connectivity index (χ0n) is 19.7. The van der Waals surface area contributed by atoms with Crippen molar-refractivity contribution in [2.75, 3.05) is 12.5 Å². The minimum atomic E-state index is -2.91. The molecule has 0 aliphatic carbocycles. The van der Waals surface area contributed by atoms with E-state index < -0.39 is 13.2 Å². The van der Waals surface area contributed by atoms with Gasteiger partial charge in [-0.05, 0) is 58.5 Å². The van der Waals surface area contributed by atoms with Gasteiger partial charge in [-0.2, -0.15) is 0 Å². The lowest BCUT2D eigenvalue weighted by Gasteiger charge is -2.17. The molecule has 0 radical (unpaired) electrons. The van der Waals surface area contributed by atoms with Crippen molar-refractivity contribution < 1.29 is 16.7 Å². The van der Waals surface area contributed by atoms with E-state index in [9.17, 15) is 5.11 Å². The topological polar surface area (TPSA) is 29.5 Å². The van der Waals surface area contributed by atoms with Gasteiger partial charge in [-0.3, -0.25) is 0 Å². The predicted octanol–water partition coefficient (Wildman–Crippen LogP) is 6.38. The van der Waals surface area contributed by atoms with Crippen LogP contribution in [0.3, 0.4) is 0 Å². The monoisotopic (exact) mass is 383 g/mol. The maximum absolute atomic E-state index is 9.77. The van der Waals surface area contributed by atoms with Gasteiger partial charge in [-0.25, -0.2) is 0 Å². The molecule has 0 fully saturated rings. The van der Waals surface area contributed by atoms with Crippen molar-refractivity contribution >= 4 is 22.7 Å². The molecule has 27 heavy (non-hydrogen) atoms. The first-order valence-electron chi connectivity index (χ1n) is 11.0.